The lowest BCUT2D eigenvalue weighted by Gasteiger charge is -2.12. The lowest BCUT2D eigenvalue weighted by Crippen LogP contribution is -2.26. The van der Waals surface area contributed by atoms with E-state index in [1.807, 2.05) is 0 Å². The summed E-state index contributed by atoms with van der Waals surface area (Å²) >= 11 is 6.86. The maximum atomic E-state index is 13.0. The van der Waals surface area contributed by atoms with Crippen LogP contribution in [0.5, 0.6) is 0 Å². The summed E-state index contributed by atoms with van der Waals surface area (Å²) < 4.78 is 1.35. The summed E-state index contributed by atoms with van der Waals surface area (Å²) in [4.78, 5) is 40.5. The van der Waals surface area contributed by atoms with Gasteiger partial charge in [0.1, 0.15) is 15.5 Å². The molecule has 1 aromatic carbocycles. The standard InChI is InChI=1S/C17H14ClN3O4S/c1-8-12-15(26-13(8)17(24)25)20-14(9-2-4-10(18)5-3-9)21(16(12)23)7-6-11(19)22/h2-5H,6-7H2,1H3,(H2,19,22)(H,24,25). The predicted octanol–water partition coefficient (Wildman–Crippen LogP) is 2.66. The Morgan fingerprint density at radius 1 is 1.31 bits per heavy atom. The first-order chi connectivity index (χ1) is 12.3. The molecular formula is C17H14ClN3O4S. The zero-order chi connectivity index (χ0) is 19.0. The van der Waals surface area contributed by atoms with Crippen molar-refractivity contribution in [2.45, 2.75) is 19.9 Å². The Morgan fingerprint density at radius 2 is 1.96 bits per heavy atom. The summed E-state index contributed by atoms with van der Waals surface area (Å²) in [6.45, 7) is 1.62. The van der Waals surface area contributed by atoms with E-state index in [4.69, 9.17) is 17.3 Å². The molecule has 134 valence electrons. The van der Waals surface area contributed by atoms with E-state index in [1.54, 1.807) is 31.2 Å². The van der Waals surface area contributed by atoms with Gasteiger partial charge in [-0.15, -0.1) is 11.3 Å². The van der Waals surface area contributed by atoms with Gasteiger partial charge >= 0.3 is 5.97 Å². The van der Waals surface area contributed by atoms with E-state index in [1.165, 1.54) is 4.57 Å². The van der Waals surface area contributed by atoms with Gasteiger partial charge in [-0.25, -0.2) is 9.78 Å². The molecule has 0 aliphatic carbocycles. The molecule has 3 rings (SSSR count). The molecule has 2 heterocycles. The fourth-order valence-corrected chi connectivity index (χ4v) is 3.81. The molecule has 9 heteroatoms. The lowest BCUT2D eigenvalue weighted by atomic mass is 10.1. The van der Waals surface area contributed by atoms with Crippen LogP contribution in [0.25, 0.3) is 21.6 Å². The number of halogens is 1. The Kier molecular flexibility index (Phi) is 4.80. The van der Waals surface area contributed by atoms with E-state index in [-0.39, 0.29) is 23.2 Å². The number of aryl methyl sites for hydroxylation is 1. The number of fused-ring (bicyclic) bond motifs is 1. The molecule has 0 radical (unpaired) electrons. The number of primary amides is 1. The van der Waals surface area contributed by atoms with Crippen LogP contribution in [-0.4, -0.2) is 26.5 Å². The van der Waals surface area contributed by atoms with Gasteiger partial charge in [-0.05, 0) is 36.8 Å². The molecule has 3 aromatic rings. The normalized spacial score (nSPS) is 11.0. The van der Waals surface area contributed by atoms with Crippen molar-refractivity contribution in [2.75, 3.05) is 0 Å². The third kappa shape index (κ3) is 3.21. The van der Waals surface area contributed by atoms with Gasteiger partial charge in [0.25, 0.3) is 5.56 Å². The van der Waals surface area contributed by atoms with Crippen molar-refractivity contribution >= 4 is 45.0 Å². The number of carbonyl (C=O) groups is 2. The molecule has 0 saturated carbocycles. The molecule has 7 nitrogen and oxygen atoms in total. The number of benzene rings is 1. The maximum absolute atomic E-state index is 13.0. The number of aromatic carboxylic acids is 1. The van der Waals surface area contributed by atoms with Crippen molar-refractivity contribution in [1.82, 2.24) is 9.55 Å². The molecule has 0 bridgehead atoms. The van der Waals surface area contributed by atoms with E-state index in [9.17, 15) is 19.5 Å². The van der Waals surface area contributed by atoms with E-state index >= 15 is 0 Å². The molecular weight excluding hydrogens is 378 g/mol. The third-order valence-corrected chi connectivity index (χ3v) is 5.35. The number of carboxylic acid groups (broad SMARTS) is 1. The average molecular weight is 392 g/mol. The number of carbonyl (C=O) groups excluding carboxylic acids is 1. The van der Waals surface area contributed by atoms with E-state index in [2.05, 4.69) is 4.98 Å². The van der Waals surface area contributed by atoms with Crippen LogP contribution in [0.3, 0.4) is 0 Å². The lowest BCUT2D eigenvalue weighted by molar-refractivity contribution is -0.118. The molecule has 26 heavy (non-hydrogen) atoms. The predicted molar refractivity (Wildman–Crippen MR) is 99.8 cm³/mol. The zero-order valence-electron chi connectivity index (χ0n) is 13.7. The summed E-state index contributed by atoms with van der Waals surface area (Å²) in [7, 11) is 0. The third-order valence-electron chi connectivity index (χ3n) is 3.93. The molecule has 3 N–H and O–H groups in total. The van der Waals surface area contributed by atoms with Crippen LogP contribution in [0, 0.1) is 6.92 Å². The molecule has 0 aliphatic rings. The summed E-state index contributed by atoms with van der Waals surface area (Å²) in [5.74, 6) is -1.33. The number of nitrogens with two attached hydrogens (primary N) is 1. The Morgan fingerprint density at radius 3 is 2.54 bits per heavy atom. The summed E-state index contributed by atoms with van der Waals surface area (Å²) in [5.41, 5.74) is 5.81. The van der Waals surface area contributed by atoms with E-state index < -0.39 is 17.4 Å². The Hall–Kier alpha value is -2.71. The Labute approximate surface area is 156 Å². The van der Waals surface area contributed by atoms with Gasteiger partial charge in [0, 0.05) is 23.6 Å². The van der Waals surface area contributed by atoms with E-state index in [0.29, 0.717) is 26.8 Å². The summed E-state index contributed by atoms with van der Waals surface area (Å²) in [5, 5.41) is 10.1. The molecule has 0 saturated heterocycles. The quantitative estimate of drug-likeness (QED) is 0.693. The van der Waals surface area contributed by atoms with Crippen molar-refractivity contribution in [1.29, 1.82) is 0 Å². The number of nitrogens with zero attached hydrogens (tertiary/aromatic N) is 2. The topological polar surface area (TPSA) is 115 Å². The van der Waals surface area contributed by atoms with Crippen LogP contribution in [0.15, 0.2) is 29.1 Å². The minimum Gasteiger partial charge on any atom is -0.477 e. The Balaban J connectivity index is 2.32. The van der Waals surface area contributed by atoms with Crippen molar-refractivity contribution in [3.63, 3.8) is 0 Å². The molecule has 0 aliphatic heterocycles. The number of carboxylic acids is 1. The molecule has 1 amide bonds. The van der Waals surface area contributed by atoms with Crippen LogP contribution in [0.1, 0.15) is 21.7 Å². The van der Waals surface area contributed by atoms with E-state index in [0.717, 1.165) is 11.3 Å². The highest BCUT2D eigenvalue weighted by molar-refractivity contribution is 7.20. The summed E-state index contributed by atoms with van der Waals surface area (Å²) in [6.07, 6.45) is -0.0390. The van der Waals surface area contributed by atoms with Crippen molar-refractivity contribution < 1.29 is 14.7 Å². The monoisotopic (exact) mass is 391 g/mol. The average Bonchev–Trinajstić information content (AvgIpc) is 2.91. The van der Waals surface area contributed by atoms with Crippen molar-refractivity contribution in [3.05, 3.63) is 50.1 Å². The van der Waals surface area contributed by atoms with Crippen LogP contribution < -0.4 is 11.3 Å². The zero-order valence-corrected chi connectivity index (χ0v) is 15.2. The van der Waals surface area contributed by atoms with Crippen molar-refractivity contribution in [2.24, 2.45) is 5.73 Å². The molecule has 2 aromatic heterocycles. The number of rotatable bonds is 5. The largest absolute Gasteiger partial charge is 0.477 e. The molecule has 0 fully saturated rings. The van der Waals surface area contributed by atoms with Gasteiger partial charge in [-0.2, -0.15) is 0 Å². The highest BCUT2D eigenvalue weighted by atomic mass is 35.5. The molecule has 0 spiro atoms. The fourth-order valence-electron chi connectivity index (χ4n) is 2.67. The van der Waals surface area contributed by atoms with Gasteiger partial charge < -0.3 is 10.8 Å². The first kappa shape index (κ1) is 18.1. The second-order valence-electron chi connectivity index (χ2n) is 5.66. The second-order valence-corrected chi connectivity index (χ2v) is 7.09. The number of aromatic nitrogens is 2. The number of hydrogen-bond donors (Lipinski definition) is 2. The highest BCUT2D eigenvalue weighted by Crippen LogP contribution is 2.29. The van der Waals surface area contributed by atoms with Gasteiger partial charge in [-0.1, -0.05) is 11.6 Å². The highest BCUT2D eigenvalue weighted by Gasteiger charge is 2.21. The fraction of sp³-hybridized carbons (Fsp3) is 0.176. The SMILES string of the molecule is Cc1c(C(=O)O)sc2nc(-c3ccc(Cl)cc3)n(CCC(N)=O)c(=O)c12. The minimum absolute atomic E-state index is 0.0390. The second kappa shape index (κ2) is 6.89. The van der Waals surface area contributed by atoms with Gasteiger partial charge in [-0.3, -0.25) is 14.2 Å². The van der Waals surface area contributed by atoms with Gasteiger partial charge in [0.15, 0.2) is 0 Å². The van der Waals surface area contributed by atoms with Gasteiger partial charge in [0.05, 0.1) is 5.39 Å². The number of amides is 1. The number of thiophene rings is 1. The number of hydrogen-bond acceptors (Lipinski definition) is 5. The van der Waals surface area contributed by atoms with Crippen molar-refractivity contribution in [3.8, 4) is 11.4 Å². The molecule has 0 atom stereocenters. The van der Waals surface area contributed by atoms with Crippen LogP contribution in [0.2, 0.25) is 5.02 Å². The molecule has 0 unspecified atom stereocenters. The van der Waals surface area contributed by atoms with Gasteiger partial charge in [0.2, 0.25) is 5.91 Å². The first-order valence-electron chi connectivity index (χ1n) is 7.61. The smallest absolute Gasteiger partial charge is 0.346 e. The maximum Gasteiger partial charge on any atom is 0.346 e. The minimum atomic E-state index is -1.11. The summed E-state index contributed by atoms with van der Waals surface area (Å²) in [6, 6.07) is 6.73. The first-order valence-corrected chi connectivity index (χ1v) is 8.80. The van der Waals surface area contributed by atoms with Crippen LogP contribution in [-0.2, 0) is 11.3 Å². The van der Waals surface area contributed by atoms with Crippen LogP contribution >= 0.6 is 22.9 Å². The van der Waals surface area contributed by atoms with Crippen LogP contribution in [0.4, 0.5) is 0 Å². The Bertz CT molecular complexity index is 1090.